The molecular formula is C15H14N2O4. The molecule has 1 heterocycles. The van der Waals surface area contributed by atoms with E-state index in [0.29, 0.717) is 24.5 Å². The molecule has 0 unspecified atom stereocenters. The van der Waals surface area contributed by atoms with Crippen LogP contribution in [0.15, 0.2) is 40.9 Å². The van der Waals surface area contributed by atoms with Crippen molar-refractivity contribution in [3.8, 4) is 0 Å². The van der Waals surface area contributed by atoms with Crippen molar-refractivity contribution in [1.29, 1.82) is 0 Å². The van der Waals surface area contributed by atoms with Crippen molar-refractivity contribution in [3.05, 3.63) is 52.9 Å². The maximum absolute atomic E-state index is 11.9. The van der Waals surface area contributed by atoms with Crippen LogP contribution in [0, 0.1) is 6.57 Å². The van der Waals surface area contributed by atoms with E-state index < -0.39 is 5.97 Å². The van der Waals surface area contributed by atoms with Crippen LogP contribution in [0.2, 0.25) is 0 Å². The Kier molecular flexibility index (Phi) is 4.57. The Morgan fingerprint density at radius 3 is 2.38 bits per heavy atom. The largest absolute Gasteiger partial charge is 0.464 e. The minimum absolute atomic E-state index is 0.0166. The second kappa shape index (κ2) is 6.57. The van der Waals surface area contributed by atoms with E-state index in [2.05, 4.69) is 9.84 Å². The van der Waals surface area contributed by atoms with Crippen molar-refractivity contribution in [3.63, 3.8) is 0 Å². The van der Waals surface area contributed by atoms with Gasteiger partial charge < -0.3 is 14.2 Å². The van der Waals surface area contributed by atoms with Crippen molar-refractivity contribution >= 4 is 17.6 Å². The third-order valence-electron chi connectivity index (χ3n) is 2.58. The fourth-order valence-electron chi connectivity index (χ4n) is 1.68. The minimum Gasteiger partial charge on any atom is -0.464 e. The molecule has 1 aromatic carbocycles. The number of ether oxygens (including phenoxy) is 3. The number of nitrogens with zero attached hydrogens (tertiary/aromatic N) is 2. The Hall–Kier alpha value is -2.81. The normalized spacial score (nSPS) is 13.3. The molecule has 0 aromatic heterocycles. The zero-order chi connectivity index (χ0) is 15.2. The van der Waals surface area contributed by atoms with E-state index in [1.54, 1.807) is 38.1 Å². The average molecular weight is 286 g/mol. The molecule has 0 aliphatic carbocycles. The summed E-state index contributed by atoms with van der Waals surface area (Å²) >= 11 is 0. The SMILES string of the molecule is [C-]#[N+]c1ccc(C2=NC(=C(OCC)OCC)C(=O)O2)cc1. The molecule has 2 rings (SSSR count). The predicted octanol–water partition coefficient (Wildman–Crippen LogP) is 2.78. The Morgan fingerprint density at radius 1 is 1.24 bits per heavy atom. The topological polar surface area (TPSA) is 61.5 Å². The molecule has 108 valence electrons. The van der Waals surface area contributed by atoms with Crippen molar-refractivity contribution in [2.75, 3.05) is 13.2 Å². The standard InChI is InChI=1S/C15H14N2O4/c1-4-19-15(20-5-2)12-14(18)21-13(17-12)10-6-8-11(16-3)9-7-10/h6-9H,4-5H2,1-2H3. The first-order valence-corrected chi connectivity index (χ1v) is 6.48. The monoisotopic (exact) mass is 286 g/mol. The Balaban J connectivity index is 2.34. The number of hydrogen-bond acceptors (Lipinski definition) is 5. The molecule has 1 aromatic rings. The molecule has 21 heavy (non-hydrogen) atoms. The quantitative estimate of drug-likeness (QED) is 0.361. The highest BCUT2D eigenvalue weighted by atomic mass is 16.7. The average Bonchev–Trinajstić information content (AvgIpc) is 2.89. The second-order valence-corrected chi connectivity index (χ2v) is 3.97. The number of esters is 1. The number of carbonyl (C=O) groups excluding carboxylic acids is 1. The molecule has 0 fully saturated rings. The van der Waals surface area contributed by atoms with E-state index in [4.69, 9.17) is 20.8 Å². The highest BCUT2D eigenvalue weighted by molar-refractivity contribution is 6.11. The maximum Gasteiger partial charge on any atom is 0.371 e. The van der Waals surface area contributed by atoms with Crippen LogP contribution in [-0.2, 0) is 19.0 Å². The molecule has 0 N–H and O–H groups in total. The lowest BCUT2D eigenvalue weighted by molar-refractivity contribution is -0.130. The molecular weight excluding hydrogens is 272 g/mol. The van der Waals surface area contributed by atoms with Gasteiger partial charge in [-0.3, -0.25) is 0 Å². The number of benzene rings is 1. The van der Waals surface area contributed by atoms with Crippen LogP contribution >= 0.6 is 0 Å². The number of cyclic esters (lactones) is 1. The number of hydrogen-bond donors (Lipinski definition) is 0. The number of rotatable bonds is 5. The smallest absolute Gasteiger partial charge is 0.371 e. The van der Waals surface area contributed by atoms with Crippen LogP contribution in [0.4, 0.5) is 5.69 Å². The molecule has 1 aliphatic heterocycles. The van der Waals surface area contributed by atoms with E-state index >= 15 is 0 Å². The number of carbonyl (C=O) groups is 1. The van der Waals surface area contributed by atoms with Crippen LogP contribution in [0.25, 0.3) is 4.85 Å². The molecule has 0 saturated heterocycles. The Bertz CT molecular complexity index is 631. The van der Waals surface area contributed by atoms with Gasteiger partial charge in [-0.05, 0) is 13.8 Å². The summed E-state index contributed by atoms with van der Waals surface area (Å²) in [6, 6.07) is 6.60. The summed E-state index contributed by atoms with van der Waals surface area (Å²) in [6.07, 6.45) is 0. The van der Waals surface area contributed by atoms with Gasteiger partial charge in [0.2, 0.25) is 11.6 Å². The predicted molar refractivity (Wildman–Crippen MR) is 75.6 cm³/mol. The van der Waals surface area contributed by atoms with E-state index in [9.17, 15) is 4.79 Å². The highest BCUT2D eigenvalue weighted by Gasteiger charge is 2.29. The van der Waals surface area contributed by atoms with Crippen molar-refractivity contribution in [2.24, 2.45) is 4.99 Å². The molecule has 0 amide bonds. The maximum atomic E-state index is 11.9. The zero-order valence-electron chi connectivity index (χ0n) is 11.8. The van der Waals surface area contributed by atoms with Gasteiger partial charge >= 0.3 is 11.9 Å². The molecule has 0 bridgehead atoms. The van der Waals surface area contributed by atoms with Crippen molar-refractivity contribution < 1.29 is 19.0 Å². The lowest BCUT2D eigenvalue weighted by atomic mass is 10.2. The lowest BCUT2D eigenvalue weighted by Crippen LogP contribution is -2.08. The van der Waals surface area contributed by atoms with Gasteiger partial charge in [0.1, 0.15) is 0 Å². The van der Waals surface area contributed by atoms with Crippen molar-refractivity contribution in [1.82, 2.24) is 0 Å². The number of aliphatic imine (C=N–C) groups is 1. The summed E-state index contributed by atoms with van der Waals surface area (Å²) in [4.78, 5) is 19.3. The van der Waals surface area contributed by atoms with E-state index in [1.807, 2.05) is 0 Å². The van der Waals surface area contributed by atoms with Crippen LogP contribution in [0.1, 0.15) is 19.4 Å². The summed E-state index contributed by atoms with van der Waals surface area (Å²) in [7, 11) is 0. The summed E-state index contributed by atoms with van der Waals surface area (Å²) in [6.45, 7) is 11.2. The van der Waals surface area contributed by atoms with E-state index in [-0.39, 0.29) is 17.5 Å². The molecule has 0 spiro atoms. The van der Waals surface area contributed by atoms with Gasteiger partial charge in [-0.2, -0.15) is 4.99 Å². The summed E-state index contributed by atoms with van der Waals surface area (Å²) in [5.74, 6) is -0.377. The molecule has 0 radical (unpaired) electrons. The van der Waals surface area contributed by atoms with E-state index in [0.717, 1.165) is 0 Å². The van der Waals surface area contributed by atoms with Gasteiger partial charge in [-0.25, -0.2) is 9.64 Å². The van der Waals surface area contributed by atoms with Crippen molar-refractivity contribution in [2.45, 2.75) is 13.8 Å². The molecule has 0 saturated carbocycles. The fraction of sp³-hybridized carbons (Fsp3) is 0.267. The molecule has 6 nitrogen and oxygen atoms in total. The molecule has 0 atom stereocenters. The van der Waals surface area contributed by atoms with Crippen LogP contribution in [-0.4, -0.2) is 25.1 Å². The van der Waals surface area contributed by atoms with Gasteiger partial charge in [0.15, 0.2) is 5.69 Å². The van der Waals surface area contributed by atoms with Gasteiger partial charge in [-0.15, -0.1) is 0 Å². The second-order valence-electron chi connectivity index (χ2n) is 3.97. The highest BCUT2D eigenvalue weighted by Crippen LogP contribution is 2.22. The first-order chi connectivity index (χ1) is 10.2. The molecule has 1 aliphatic rings. The minimum atomic E-state index is -0.615. The van der Waals surface area contributed by atoms with Gasteiger partial charge in [0, 0.05) is 5.56 Å². The third-order valence-corrected chi connectivity index (χ3v) is 2.58. The Morgan fingerprint density at radius 2 is 1.86 bits per heavy atom. The molecule has 6 heteroatoms. The fourth-order valence-corrected chi connectivity index (χ4v) is 1.68. The summed E-state index contributed by atoms with van der Waals surface area (Å²) in [5, 5.41) is 0. The van der Waals surface area contributed by atoms with Gasteiger partial charge in [0.25, 0.3) is 0 Å². The first kappa shape index (κ1) is 14.6. The van der Waals surface area contributed by atoms with Gasteiger partial charge in [0.05, 0.1) is 19.8 Å². The lowest BCUT2D eigenvalue weighted by Gasteiger charge is -2.08. The van der Waals surface area contributed by atoms with Gasteiger partial charge in [-0.1, -0.05) is 24.3 Å². The van der Waals surface area contributed by atoms with Crippen LogP contribution in [0.3, 0.4) is 0 Å². The van der Waals surface area contributed by atoms with E-state index in [1.165, 1.54) is 0 Å². The van der Waals surface area contributed by atoms with Crippen LogP contribution in [0.5, 0.6) is 0 Å². The first-order valence-electron chi connectivity index (χ1n) is 6.48. The third kappa shape index (κ3) is 3.20. The Labute approximate surface area is 122 Å². The summed E-state index contributed by atoms with van der Waals surface area (Å²) < 4.78 is 15.7. The zero-order valence-corrected chi connectivity index (χ0v) is 11.8. The van der Waals surface area contributed by atoms with Crippen LogP contribution < -0.4 is 0 Å². The summed E-state index contributed by atoms with van der Waals surface area (Å²) in [5.41, 5.74) is 1.13.